The van der Waals surface area contributed by atoms with Crippen LogP contribution >= 0.6 is 11.3 Å². The van der Waals surface area contributed by atoms with Gasteiger partial charge in [-0.25, -0.2) is 4.98 Å². The number of aromatic nitrogens is 2. The van der Waals surface area contributed by atoms with Gasteiger partial charge in [-0.15, -0.1) is 11.3 Å². The second-order valence-electron chi connectivity index (χ2n) is 7.23. The molecule has 6 nitrogen and oxygen atoms in total. The first kappa shape index (κ1) is 18.0. The molecule has 7 heteroatoms. The Morgan fingerprint density at radius 3 is 2.89 bits per heavy atom. The third-order valence-corrected chi connectivity index (χ3v) is 6.34. The van der Waals surface area contributed by atoms with Gasteiger partial charge in [0.1, 0.15) is 15.6 Å². The molecule has 0 aliphatic carbocycles. The summed E-state index contributed by atoms with van der Waals surface area (Å²) < 4.78 is 5.59. The fraction of sp³-hybridized carbons (Fsp3) is 0.450. The van der Waals surface area contributed by atoms with Crippen molar-refractivity contribution in [2.45, 2.75) is 26.7 Å². The first-order chi connectivity index (χ1) is 13.1. The van der Waals surface area contributed by atoms with E-state index in [2.05, 4.69) is 40.2 Å². The zero-order valence-electron chi connectivity index (χ0n) is 15.9. The number of thiazole rings is 1. The molecule has 0 bridgehead atoms. The number of benzene rings is 1. The lowest BCUT2D eigenvalue weighted by Crippen LogP contribution is -2.32. The monoisotopic (exact) mass is 384 g/mol. The number of fused-ring (bicyclic) bond motifs is 1. The third kappa shape index (κ3) is 3.43. The largest absolute Gasteiger partial charge is 0.371 e. The van der Waals surface area contributed by atoms with E-state index in [1.54, 1.807) is 18.1 Å². The smallest absolute Gasteiger partial charge is 0.265 e. The number of carbonyl (C=O) groups excluding carboxylic acids is 1. The van der Waals surface area contributed by atoms with E-state index < -0.39 is 0 Å². The van der Waals surface area contributed by atoms with E-state index in [1.807, 2.05) is 6.92 Å². The van der Waals surface area contributed by atoms with Crippen molar-refractivity contribution in [3.63, 3.8) is 0 Å². The number of amides is 1. The van der Waals surface area contributed by atoms with E-state index in [9.17, 15) is 4.79 Å². The zero-order valence-corrected chi connectivity index (χ0v) is 16.8. The second-order valence-corrected chi connectivity index (χ2v) is 8.26. The number of hydrogen-bond donors (Lipinski definition) is 0. The first-order valence-corrected chi connectivity index (χ1v) is 10.2. The van der Waals surface area contributed by atoms with Gasteiger partial charge in [0, 0.05) is 38.4 Å². The van der Waals surface area contributed by atoms with Crippen molar-refractivity contribution in [1.29, 1.82) is 0 Å². The van der Waals surface area contributed by atoms with Gasteiger partial charge < -0.3 is 14.3 Å². The van der Waals surface area contributed by atoms with Crippen molar-refractivity contribution in [2.75, 3.05) is 31.6 Å². The summed E-state index contributed by atoms with van der Waals surface area (Å²) in [4.78, 5) is 21.4. The highest BCUT2D eigenvalue weighted by Gasteiger charge is 2.20. The highest BCUT2D eigenvalue weighted by atomic mass is 32.1. The maximum Gasteiger partial charge on any atom is 0.265 e. The Balaban J connectivity index is 1.61. The predicted molar refractivity (Wildman–Crippen MR) is 108 cm³/mol. The van der Waals surface area contributed by atoms with Gasteiger partial charge >= 0.3 is 0 Å². The fourth-order valence-corrected chi connectivity index (χ4v) is 4.26. The summed E-state index contributed by atoms with van der Waals surface area (Å²) in [6.45, 7) is 7.09. The van der Waals surface area contributed by atoms with Crippen LogP contribution in [0.4, 0.5) is 5.69 Å². The summed E-state index contributed by atoms with van der Waals surface area (Å²) in [6.07, 6.45) is 4.07. The van der Waals surface area contributed by atoms with E-state index in [0.717, 1.165) is 30.0 Å². The normalized spacial score (nSPS) is 15.4. The third-order valence-electron chi connectivity index (χ3n) is 5.34. The molecule has 0 N–H and O–H groups in total. The molecule has 1 aromatic carbocycles. The molecule has 0 atom stereocenters. The molecule has 1 aliphatic heterocycles. The maximum atomic E-state index is 12.3. The molecule has 1 amide bonds. The molecule has 1 fully saturated rings. The van der Waals surface area contributed by atoms with Gasteiger partial charge in [0.15, 0.2) is 5.58 Å². The van der Waals surface area contributed by atoms with Gasteiger partial charge in [0.25, 0.3) is 5.91 Å². The van der Waals surface area contributed by atoms with Gasteiger partial charge in [0.2, 0.25) is 0 Å². The number of rotatable bonds is 4. The van der Waals surface area contributed by atoms with E-state index in [4.69, 9.17) is 4.52 Å². The maximum absolute atomic E-state index is 12.3. The van der Waals surface area contributed by atoms with Crippen LogP contribution in [0.1, 0.15) is 36.4 Å². The summed E-state index contributed by atoms with van der Waals surface area (Å²) in [5.74, 6) is 0.783. The van der Waals surface area contributed by atoms with Crippen LogP contribution < -0.4 is 4.90 Å². The molecule has 3 aromatic rings. The van der Waals surface area contributed by atoms with Crippen LogP contribution in [0.5, 0.6) is 0 Å². The van der Waals surface area contributed by atoms with Crippen LogP contribution in [0.3, 0.4) is 0 Å². The van der Waals surface area contributed by atoms with Crippen molar-refractivity contribution >= 4 is 33.9 Å². The van der Waals surface area contributed by atoms with Gasteiger partial charge in [-0.2, -0.15) is 0 Å². The summed E-state index contributed by atoms with van der Waals surface area (Å²) in [5.41, 5.74) is 2.64. The van der Waals surface area contributed by atoms with Gasteiger partial charge in [-0.3, -0.25) is 4.79 Å². The highest BCUT2D eigenvalue weighted by molar-refractivity contribution is 7.17. The second kappa shape index (κ2) is 7.31. The average molecular weight is 385 g/mol. The SMILES string of the molecule is CCN(C)C(=O)c1cnc(-c2noc3cc(N4CCC(C)CC4)ccc23)s1. The Labute approximate surface area is 162 Å². The molecule has 27 heavy (non-hydrogen) atoms. The quantitative estimate of drug-likeness (QED) is 0.672. The average Bonchev–Trinajstić information content (AvgIpc) is 3.33. The minimum atomic E-state index is -0.0179. The number of anilines is 1. The molecule has 0 spiro atoms. The number of nitrogens with zero attached hydrogens (tertiary/aromatic N) is 4. The van der Waals surface area contributed by atoms with Gasteiger partial charge in [0.05, 0.1) is 11.6 Å². The van der Waals surface area contributed by atoms with Crippen molar-refractivity contribution < 1.29 is 9.32 Å². The van der Waals surface area contributed by atoms with Gasteiger partial charge in [-0.1, -0.05) is 12.1 Å². The predicted octanol–water partition coefficient (Wildman–Crippen LogP) is 4.28. The lowest BCUT2D eigenvalue weighted by atomic mass is 9.99. The van der Waals surface area contributed by atoms with Crippen molar-refractivity contribution in [3.05, 3.63) is 29.3 Å². The molecule has 2 aromatic heterocycles. The number of hydrogen-bond acceptors (Lipinski definition) is 6. The number of carbonyl (C=O) groups is 1. The van der Waals surface area contributed by atoms with E-state index in [1.165, 1.54) is 29.9 Å². The Morgan fingerprint density at radius 2 is 2.15 bits per heavy atom. The molecule has 3 heterocycles. The van der Waals surface area contributed by atoms with Crippen LogP contribution in [0, 0.1) is 5.92 Å². The minimum absolute atomic E-state index is 0.0179. The van der Waals surface area contributed by atoms with Crippen molar-refractivity contribution in [3.8, 4) is 10.7 Å². The van der Waals surface area contributed by atoms with E-state index in [-0.39, 0.29) is 5.91 Å². The molecule has 4 rings (SSSR count). The summed E-state index contributed by atoms with van der Waals surface area (Å²) >= 11 is 1.35. The van der Waals surface area contributed by atoms with Crippen LogP contribution in [0.25, 0.3) is 21.7 Å². The molecule has 1 saturated heterocycles. The molecule has 1 aliphatic rings. The van der Waals surface area contributed by atoms with Crippen LogP contribution in [0.2, 0.25) is 0 Å². The summed E-state index contributed by atoms with van der Waals surface area (Å²) in [6, 6.07) is 6.24. The molecular formula is C20H24N4O2S. The topological polar surface area (TPSA) is 62.5 Å². The Kier molecular flexibility index (Phi) is 4.86. The Bertz CT molecular complexity index is 956. The lowest BCUT2D eigenvalue weighted by Gasteiger charge is -2.32. The van der Waals surface area contributed by atoms with E-state index >= 15 is 0 Å². The summed E-state index contributed by atoms with van der Waals surface area (Å²) in [5, 5.41) is 5.87. The van der Waals surface area contributed by atoms with Crippen LogP contribution in [-0.4, -0.2) is 47.6 Å². The lowest BCUT2D eigenvalue weighted by molar-refractivity contribution is 0.0807. The minimum Gasteiger partial charge on any atom is -0.371 e. The highest BCUT2D eigenvalue weighted by Crippen LogP contribution is 2.34. The van der Waals surface area contributed by atoms with Crippen LogP contribution in [-0.2, 0) is 0 Å². The van der Waals surface area contributed by atoms with Crippen LogP contribution in [0.15, 0.2) is 28.9 Å². The van der Waals surface area contributed by atoms with Crippen molar-refractivity contribution in [1.82, 2.24) is 15.0 Å². The zero-order chi connectivity index (χ0) is 19.0. The molecule has 0 radical (unpaired) electrons. The molecular weight excluding hydrogens is 360 g/mol. The molecule has 142 valence electrons. The fourth-order valence-electron chi connectivity index (χ4n) is 3.36. The first-order valence-electron chi connectivity index (χ1n) is 9.43. The molecule has 0 unspecified atom stereocenters. The van der Waals surface area contributed by atoms with E-state index in [0.29, 0.717) is 22.1 Å². The molecule has 0 saturated carbocycles. The standard InChI is InChI=1S/C20H24N4O2S/c1-4-23(3)20(25)17-12-21-19(27-17)18-15-6-5-14(11-16(15)26-22-18)24-9-7-13(2)8-10-24/h5-6,11-13H,4,7-10H2,1-3H3. The Morgan fingerprint density at radius 1 is 1.37 bits per heavy atom. The summed E-state index contributed by atoms with van der Waals surface area (Å²) in [7, 11) is 1.79. The van der Waals surface area contributed by atoms with Crippen molar-refractivity contribution in [2.24, 2.45) is 5.92 Å². The van der Waals surface area contributed by atoms with Gasteiger partial charge in [-0.05, 0) is 37.8 Å². The number of piperidine rings is 1. The Hall–Kier alpha value is -2.41.